The van der Waals surface area contributed by atoms with Gasteiger partial charge in [0.15, 0.2) is 0 Å². The monoisotopic (exact) mass is 647 g/mol. The van der Waals surface area contributed by atoms with E-state index in [9.17, 15) is 0 Å². The van der Waals surface area contributed by atoms with E-state index in [0.29, 0.717) is 12.2 Å². The molecule has 264 valence electrons. The minimum absolute atomic E-state index is 0. The van der Waals surface area contributed by atoms with E-state index < -0.39 is 0 Å². The SMILES string of the molecule is CCCCCCCCCCCCCCCCN1CC(C)N(CCCCCCCCCCCCCCCC)C1c1ccccc1.Cl. The van der Waals surface area contributed by atoms with Gasteiger partial charge in [-0.15, -0.1) is 12.4 Å². The molecule has 1 saturated heterocycles. The van der Waals surface area contributed by atoms with Crippen LogP contribution in [-0.2, 0) is 0 Å². The Morgan fingerprint density at radius 3 is 1.18 bits per heavy atom. The molecule has 1 aliphatic heterocycles. The summed E-state index contributed by atoms with van der Waals surface area (Å²) in [5.41, 5.74) is 1.51. The molecule has 1 aliphatic rings. The number of unbranched alkanes of at least 4 members (excludes halogenated alkanes) is 26. The maximum Gasteiger partial charge on any atom is 0.0889 e. The van der Waals surface area contributed by atoms with Gasteiger partial charge < -0.3 is 0 Å². The Kier molecular flexibility index (Phi) is 29.0. The smallest absolute Gasteiger partial charge is 0.0889 e. The number of halogens is 1. The molecule has 0 saturated carbocycles. The molecule has 2 unspecified atom stereocenters. The third-order valence-electron chi connectivity index (χ3n) is 10.4. The second-order valence-corrected chi connectivity index (χ2v) is 14.6. The fraction of sp³-hybridized carbons (Fsp3) is 0.857. The Bertz CT molecular complexity index is 725. The Morgan fingerprint density at radius 2 is 0.800 bits per heavy atom. The molecule has 3 heteroatoms. The maximum absolute atomic E-state index is 2.83. The fourth-order valence-electron chi connectivity index (χ4n) is 7.58. The molecule has 0 aliphatic carbocycles. The number of hydrogen-bond donors (Lipinski definition) is 0. The van der Waals surface area contributed by atoms with Gasteiger partial charge >= 0.3 is 0 Å². The van der Waals surface area contributed by atoms with Gasteiger partial charge in [-0.2, -0.15) is 0 Å². The van der Waals surface area contributed by atoms with Crippen molar-refractivity contribution >= 4 is 12.4 Å². The number of rotatable bonds is 31. The predicted octanol–water partition coefficient (Wildman–Crippen LogP) is 14.1. The van der Waals surface area contributed by atoms with Crippen molar-refractivity contribution in [3.63, 3.8) is 0 Å². The first-order valence-corrected chi connectivity index (χ1v) is 20.3. The van der Waals surface area contributed by atoms with Crippen molar-refractivity contribution < 1.29 is 0 Å². The molecule has 1 aromatic carbocycles. The van der Waals surface area contributed by atoms with Crippen LogP contribution in [0.4, 0.5) is 0 Å². The van der Waals surface area contributed by atoms with Gasteiger partial charge in [-0.1, -0.05) is 211 Å². The molecule has 2 nitrogen and oxygen atoms in total. The van der Waals surface area contributed by atoms with Crippen molar-refractivity contribution in [3.8, 4) is 0 Å². The lowest BCUT2D eigenvalue weighted by Crippen LogP contribution is -2.34. The zero-order chi connectivity index (χ0) is 31.3. The highest BCUT2D eigenvalue weighted by molar-refractivity contribution is 5.85. The lowest BCUT2D eigenvalue weighted by molar-refractivity contribution is 0.120. The molecule has 2 atom stereocenters. The lowest BCUT2D eigenvalue weighted by atomic mass is 10.0. The van der Waals surface area contributed by atoms with Crippen molar-refractivity contribution in [1.82, 2.24) is 9.80 Å². The summed E-state index contributed by atoms with van der Waals surface area (Å²) in [5.74, 6) is 0. The van der Waals surface area contributed by atoms with Gasteiger partial charge in [-0.3, -0.25) is 9.80 Å². The summed E-state index contributed by atoms with van der Waals surface area (Å²) in [4.78, 5) is 5.64. The largest absolute Gasteiger partial charge is 0.283 e. The van der Waals surface area contributed by atoms with Crippen LogP contribution in [0.1, 0.15) is 212 Å². The summed E-state index contributed by atoms with van der Waals surface area (Å²) >= 11 is 0. The summed E-state index contributed by atoms with van der Waals surface area (Å²) in [6.07, 6.45) is 40.8. The van der Waals surface area contributed by atoms with Gasteiger partial charge in [0.25, 0.3) is 0 Å². The molecule has 0 radical (unpaired) electrons. The lowest BCUT2D eigenvalue weighted by Gasteiger charge is -2.32. The zero-order valence-electron chi connectivity index (χ0n) is 30.8. The van der Waals surface area contributed by atoms with Crippen molar-refractivity contribution in [2.45, 2.75) is 213 Å². The molecule has 1 heterocycles. The summed E-state index contributed by atoms with van der Waals surface area (Å²) in [7, 11) is 0. The number of benzene rings is 1. The van der Waals surface area contributed by atoms with Crippen LogP contribution >= 0.6 is 12.4 Å². The average molecular weight is 648 g/mol. The summed E-state index contributed by atoms with van der Waals surface area (Å²) < 4.78 is 0. The van der Waals surface area contributed by atoms with Gasteiger partial charge in [0, 0.05) is 25.7 Å². The second-order valence-electron chi connectivity index (χ2n) is 14.6. The summed E-state index contributed by atoms with van der Waals surface area (Å²) in [5, 5.41) is 0. The first-order chi connectivity index (χ1) is 21.8. The highest BCUT2D eigenvalue weighted by Crippen LogP contribution is 2.34. The highest BCUT2D eigenvalue weighted by atomic mass is 35.5. The number of hydrogen-bond acceptors (Lipinski definition) is 2. The predicted molar refractivity (Wildman–Crippen MR) is 205 cm³/mol. The molecule has 0 bridgehead atoms. The Morgan fingerprint density at radius 1 is 0.467 bits per heavy atom. The first kappa shape index (κ1) is 42.5. The van der Waals surface area contributed by atoms with Gasteiger partial charge in [0.1, 0.15) is 0 Å². The van der Waals surface area contributed by atoms with E-state index in [1.807, 2.05) is 0 Å². The number of nitrogens with zero attached hydrogens (tertiary/aromatic N) is 2. The molecule has 1 fully saturated rings. The molecule has 0 amide bonds. The topological polar surface area (TPSA) is 6.48 Å². The third kappa shape index (κ3) is 21.1. The van der Waals surface area contributed by atoms with E-state index in [0.717, 1.165) is 0 Å². The fourth-order valence-corrected chi connectivity index (χ4v) is 7.58. The molecule has 1 aromatic rings. The van der Waals surface area contributed by atoms with Crippen LogP contribution in [0.25, 0.3) is 0 Å². The van der Waals surface area contributed by atoms with Crippen LogP contribution in [0.15, 0.2) is 30.3 Å². The van der Waals surface area contributed by atoms with E-state index in [2.05, 4.69) is 60.9 Å². The van der Waals surface area contributed by atoms with E-state index in [-0.39, 0.29) is 12.4 Å². The molecule has 0 N–H and O–H groups in total. The minimum Gasteiger partial charge on any atom is -0.283 e. The summed E-state index contributed by atoms with van der Waals surface area (Å²) in [6.45, 7) is 10.8. The van der Waals surface area contributed by atoms with Crippen molar-refractivity contribution in [2.75, 3.05) is 19.6 Å². The molecule has 0 aromatic heterocycles. The van der Waals surface area contributed by atoms with Crippen LogP contribution in [0, 0.1) is 0 Å². The quantitative estimate of drug-likeness (QED) is 0.0740. The van der Waals surface area contributed by atoms with Crippen LogP contribution in [0.3, 0.4) is 0 Å². The van der Waals surface area contributed by atoms with Gasteiger partial charge in [0.05, 0.1) is 6.17 Å². The van der Waals surface area contributed by atoms with Gasteiger partial charge in [0.2, 0.25) is 0 Å². The third-order valence-corrected chi connectivity index (χ3v) is 10.4. The van der Waals surface area contributed by atoms with E-state index in [1.165, 1.54) is 205 Å². The van der Waals surface area contributed by atoms with E-state index in [4.69, 9.17) is 0 Å². The molecule has 2 rings (SSSR count). The maximum atomic E-state index is 2.83. The van der Waals surface area contributed by atoms with E-state index in [1.54, 1.807) is 0 Å². The average Bonchev–Trinajstić information content (AvgIpc) is 3.36. The molecular weight excluding hydrogens is 568 g/mol. The Labute approximate surface area is 289 Å². The standard InChI is InChI=1S/C42H78N2.ClH/c1-4-6-8-10-12-14-16-18-20-22-24-26-28-33-37-43-39-40(3)44(42(43)41-35-31-30-32-36-41)38-34-29-27-25-23-21-19-17-15-13-11-9-7-5-2;/h30-32,35-36,40,42H,4-29,33-34,37-39H2,1-3H3;1H. The van der Waals surface area contributed by atoms with Crippen LogP contribution < -0.4 is 0 Å². The Hall–Kier alpha value is -0.570. The second kappa shape index (κ2) is 30.7. The van der Waals surface area contributed by atoms with Crippen LogP contribution in [0.5, 0.6) is 0 Å². The van der Waals surface area contributed by atoms with Crippen LogP contribution in [-0.4, -0.2) is 35.5 Å². The van der Waals surface area contributed by atoms with Crippen molar-refractivity contribution in [1.29, 1.82) is 0 Å². The molecular formula is C42H79ClN2. The van der Waals surface area contributed by atoms with E-state index >= 15 is 0 Å². The van der Waals surface area contributed by atoms with Crippen LogP contribution in [0.2, 0.25) is 0 Å². The Balaban J connectivity index is 0.0000101. The first-order valence-electron chi connectivity index (χ1n) is 20.3. The normalized spacial score (nSPS) is 17.2. The van der Waals surface area contributed by atoms with Crippen molar-refractivity contribution in [3.05, 3.63) is 35.9 Å². The van der Waals surface area contributed by atoms with Gasteiger partial charge in [-0.25, -0.2) is 0 Å². The molecule has 45 heavy (non-hydrogen) atoms. The molecule has 0 spiro atoms. The minimum atomic E-state index is 0. The summed E-state index contributed by atoms with van der Waals surface area (Å²) in [6, 6.07) is 12.1. The highest BCUT2D eigenvalue weighted by Gasteiger charge is 2.37. The zero-order valence-corrected chi connectivity index (χ0v) is 31.6. The van der Waals surface area contributed by atoms with Gasteiger partial charge in [-0.05, 0) is 25.3 Å². The van der Waals surface area contributed by atoms with Crippen molar-refractivity contribution in [2.24, 2.45) is 0 Å².